The predicted octanol–water partition coefficient (Wildman–Crippen LogP) is 4.26. The highest BCUT2D eigenvalue weighted by Crippen LogP contribution is 2.29. The second-order valence-corrected chi connectivity index (χ2v) is 5.17. The summed E-state index contributed by atoms with van der Waals surface area (Å²) in [7, 11) is 0. The van der Waals surface area contributed by atoms with Gasteiger partial charge in [0.25, 0.3) is 0 Å². The van der Waals surface area contributed by atoms with Crippen LogP contribution in [0.2, 0.25) is 0 Å². The van der Waals surface area contributed by atoms with Crippen LogP contribution in [0.5, 0.6) is 0 Å². The van der Waals surface area contributed by atoms with Crippen molar-refractivity contribution in [3.8, 4) is 0 Å². The first-order chi connectivity index (χ1) is 7.59. The van der Waals surface area contributed by atoms with Crippen molar-refractivity contribution in [2.45, 2.75) is 6.04 Å². The van der Waals surface area contributed by atoms with Gasteiger partial charge in [-0.1, -0.05) is 22.0 Å². The molecule has 1 atom stereocenters. The molecule has 0 aliphatic heterocycles. The van der Waals surface area contributed by atoms with Gasteiger partial charge in [0.2, 0.25) is 0 Å². The Morgan fingerprint density at radius 2 is 1.82 bits per heavy atom. The van der Waals surface area contributed by atoms with E-state index in [4.69, 9.17) is 5.73 Å². The molecular formula is C11H9BrClF2NS. The van der Waals surface area contributed by atoms with Crippen LogP contribution in [0.4, 0.5) is 8.78 Å². The lowest BCUT2D eigenvalue weighted by atomic mass is 10.1. The minimum absolute atomic E-state index is 0. The van der Waals surface area contributed by atoms with Gasteiger partial charge in [0, 0.05) is 14.9 Å². The molecule has 0 unspecified atom stereocenters. The zero-order valence-electron chi connectivity index (χ0n) is 8.49. The molecule has 0 amide bonds. The zero-order valence-corrected chi connectivity index (χ0v) is 11.7. The van der Waals surface area contributed by atoms with Crippen LogP contribution >= 0.6 is 39.7 Å². The van der Waals surface area contributed by atoms with E-state index in [1.165, 1.54) is 23.5 Å². The van der Waals surface area contributed by atoms with E-state index in [-0.39, 0.29) is 18.0 Å². The highest BCUT2D eigenvalue weighted by Gasteiger charge is 2.19. The number of rotatable bonds is 2. The fourth-order valence-electron chi connectivity index (χ4n) is 1.46. The van der Waals surface area contributed by atoms with Gasteiger partial charge < -0.3 is 5.73 Å². The standard InChI is InChI=1S/C11H8BrF2NS.ClH/c12-6-4-7(13)10(8(14)5-6)11(15)9-2-1-3-16-9;/h1-5,11H,15H2;1H/t11-;/m1./s1. The summed E-state index contributed by atoms with van der Waals surface area (Å²) in [6.07, 6.45) is 0. The normalized spacial score (nSPS) is 12.0. The Morgan fingerprint density at radius 1 is 1.24 bits per heavy atom. The Bertz CT molecular complexity index is 481. The van der Waals surface area contributed by atoms with Gasteiger partial charge >= 0.3 is 0 Å². The number of thiophene rings is 1. The largest absolute Gasteiger partial charge is 0.319 e. The Labute approximate surface area is 116 Å². The summed E-state index contributed by atoms with van der Waals surface area (Å²) in [6.45, 7) is 0. The Kier molecular flexibility index (Phi) is 5.06. The van der Waals surface area contributed by atoms with Crippen LogP contribution in [0.15, 0.2) is 34.1 Å². The highest BCUT2D eigenvalue weighted by molar-refractivity contribution is 9.10. The second-order valence-electron chi connectivity index (χ2n) is 3.28. The molecule has 0 aliphatic carbocycles. The maximum atomic E-state index is 13.6. The Morgan fingerprint density at radius 3 is 2.29 bits per heavy atom. The van der Waals surface area contributed by atoms with E-state index in [0.29, 0.717) is 4.47 Å². The summed E-state index contributed by atoms with van der Waals surface area (Å²) >= 11 is 4.40. The maximum absolute atomic E-state index is 13.6. The van der Waals surface area contributed by atoms with Crippen molar-refractivity contribution in [3.63, 3.8) is 0 Å². The van der Waals surface area contributed by atoms with Gasteiger partial charge in [0.15, 0.2) is 0 Å². The van der Waals surface area contributed by atoms with Crippen LogP contribution < -0.4 is 5.73 Å². The van der Waals surface area contributed by atoms with Gasteiger partial charge in [-0.15, -0.1) is 23.7 Å². The molecule has 0 radical (unpaired) electrons. The molecule has 92 valence electrons. The molecule has 17 heavy (non-hydrogen) atoms. The summed E-state index contributed by atoms with van der Waals surface area (Å²) in [4.78, 5) is 0.736. The molecule has 0 aliphatic rings. The van der Waals surface area contributed by atoms with Gasteiger partial charge in [-0.3, -0.25) is 0 Å². The van der Waals surface area contributed by atoms with E-state index in [9.17, 15) is 8.78 Å². The van der Waals surface area contributed by atoms with Crippen molar-refractivity contribution in [1.29, 1.82) is 0 Å². The topological polar surface area (TPSA) is 26.0 Å². The first-order valence-corrected chi connectivity index (χ1v) is 6.20. The molecule has 1 nitrogen and oxygen atoms in total. The molecule has 1 heterocycles. The predicted molar refractivity (Wildman–Crippen MR) is 71.7 cm³/mol. The van der Waals surface area contributed by atoms with Gasteiger partial charge in [-0.25, -0.2) is 8.78 Å². The number of hydrogen-bond donors (Lipinski definition) is 1. The smallest absolute Gasteiger partial charge is 0.132 e. The van der Waals surface area contributed by atoms with Crippen LogP contribution in [0, 0.1) is 11.6 Å². The van der Waals surface area contributed by atoms with Crippen molar-refractivity contribution in [2.75, 3.05) is 0 Å². The first-order valence-electron chi connectivity index (χ1n) is 4.53. The molecule has 2 rings (SSSR count). The molecule has 1 aromatic carbocycles. The summed E-state index contributed by atoms with van der Waals surface area (Å²) in [5, 5.41) is 1.82. The molecule has 1 aromatic heterocycles. The lowest BCUT2D eigenvalue weighted by molar-refractivity contribution is 0.543. The SMILES string of the molecule is Cl.N[C@H](c1cccs1)c1c(F)cc(Br)cc1F. The first kappa shape index (κ1) is 14.6. The van der Waals surface area contributed by atoms with E-state index >= 15 is 0 Å². The average molecular weight is 341 g/mol. The van der Waals surface area contributed by atoms with E-state index in [2.05, 4.69) is 15.9 Å². The lowest BCUT2D eigenvalue weighted by Crippen LogP contribution is -2.14. The lowest BCUT2D eigenvalue weighted by Gasteiger charge is -2.12. The van der Waals surface area contributed by atoms with Crippen LogP contribution in [0.1, 0.15) is 16.5 Å². The number of halogens is 4. The molecule has 0 spiro atoms. The minimum atomic E-state index is -0.756. The van der Waals surface area contributed by atoms with Crippen LogP contribution in [-0.2, 0) is 0 Å². The van der Waals surface area contributed by atoms with E-state index in [1.807, 2.05) is 5.38 Å². The molecular weight excluding hydrogens is 332 g/mol. The van der Waals surface area contributed by atoms with Crippen LogP contribution in [-0.4, -0.2) is 0 Å². The van der Waals surface area contributed by atoms with E-state index in [0.717, 1.165) is 4.88 Å². The van der Waals surface area contributed by atoms with Gasteiger partial charge in [0.1, 0.15) is 11.6 Å². The molecule has 0 saturated heterocycles. The van der Waals surface area contributed by atoms with Gasteiger partial charge in [-0.05, 0) is 23.6 Å². The third-order valence-corrected chi connectivity index (χ3v) is 3.62. The van der Waals surface area contributed by atoms with Crippen LogP contribution in [0.3, 0.4) is 0 Å². The Hall–Kier alpha value is -0.490. The summed E-state index contributed by atoms with van der Waals surface area (Å²) in [6, 6.07) is 5.23. The number of nitrogens with two attached hydrogens (primary N) is 1. The third kappa shape index (κ3) is 3.04. The molecule has 0 fully saturated rings. The maximum Gasteiger partial charge on any atom is 0.132 e. The van der Waals surface area contributed by atoms with Crippen molar-refractivity contribution >= 4 is 39.7 Å². The van der Waals surface area contributed by atoms with Crippen molar-refractivity contribution in [2.24, 2.45) is 5.73 Å². The summed E-state index contributed by atoms with van der Waals surface area (Å²) in [5.41, 5.74) is 5.74. The minimum Gasteiger partial charge on any atom is -0.319 e. The third-order valence-electron chi connectivity index (χ3n) is 2.20. The Balaban J connectivity index is 0.00000144. The molecule has 0 saturated carbocycles. The summed E-state index contributed by atoms with van der Waals surface area (Å²) < 4.78 is 27.6. The second kappa shape index (κ2) is 5.91. The summed E-state index contributed by atoms with van der Waals surface area (Å²) in [5.74, 6) is -1.26. The average Bonchev–Trinajstić information content (AvgIpc) is 2.67. The van der Waals surface area contributed by atoms with E-state index < -0.39 is 17.7 Å². The van der Waals surface area contributed by atoms with Crippen LogP contribution in [0.25, 0.3) is 0 Å². The van der Waals surface area contributed by atoms with E-state index in [1.54, 1.807) is 12.1 Å². The number of benzene rings is 1. The quantitative estimate of drug-likeness (QED) is 0.868. The molecule has 2 aromatic rings. The van der Waals surface area contributed by atoms with Crippen molar-refractivity contribution < 1.29 is 8.78 Å². The fourth-order valence-corrected chi connectivity index (χ4v) is 2.60. The van der Waals surface area contributed by atoms with Gasteiger partial charge in [-0.2, -0.15) is 0 Å². The molecule has 0 bridgehead atoms. The fraction of sp³-hybridized carbons (Fsp3) is 0.0909. The monoisotopic (exact) mass is 339 g/mol. The number of hydrogen-bond acceptors (Lipinski definition) is 2. The molecule has 2 N–H and O–H groups in total. The highest BCUT2D eigenvalue weighted by atomic mass is 79.9. The molecule has 6 heteroatoms. The van der Waals surface area contributed by atoms with Crippen molar-refractivity contribution in [3.05, 3.63) is 56.2 Å². The van der Waals surface area contributed by atoms with Crippen molar-refractivity contribution in [1.82, 2.24) is 0 Å². The zero-order chi connectivity index (χ0) is 11.7. The van der Waals surface area contributed by atoms with Gasteiger partial charge in [0.05, 0.1) is 6.04 Å².